The molecule has 5 heteroatoms. The first kappa shape index (κ1) is 26.4. The molecule has 0 bridgehead atoms. The van der Waals surface area contributed by atoms with Gasteiger partial charge in [-0.15, -0.1) is 0 Å². The summed E-state index contributed by atoms with van der Waals surface area (Å²) in [6.07, 6.45) is 11.3. The molecule has 0 unspecified atom stereocenters. The standard InChI is InChI=1S/C29H50O5/c1-18(7-6-14-27(2,3)33)20-10-11-21-19-8-9-23-26(32)24(34-25(31)17-30)13-16-29(23,5)22(19)12-15-28(20,21)4/h18-24,26,30,32-33H,6-17H2,1-5H3/t18-,19+,20-,21+,22+,23+,24+,26-,28-,29-/m1/s1. The van der Waals surface area contributed by atoms with Gasteiger partial charge in [-0.3, -0.25) is 0 Å². The predicted octanol–water partition coefficient (Wildman–Crippen LogP) is 5.10. The number of carbonyl (C=O) groups excluding carboxylic acids is 1. The number of rotatable bonds is 7. The summed E-state index contributed by atoms with van der Waals surface area (Å²) in [5, 5.41) is 30.4. The first-order chi connectivity index (χ1) is 15.9. The van der Waals surface area contributed by atoms with E-state index in [1.165, 1.54) is 38.5 Å². The number of hydrogen-bond donors (Lipinski definition) is 3. The number of aliphatic hydroxyl groups excluding tert-OH is 2. The molecule has 4 aliphatic rings. The van der Waals surface area contributed by atoms with Gasteiger partial charge in [0.15, 0.2) is 0 Å². The van der Waals surface area contributed by atoms with Crippen molar-refractivity contribution in [3.05, 3.63) is 0 Å². The highest BCUT2D eigenvalue weighted by atomic mass is 16.6. The van der Waals surface area contributed by atoms with E-state index in [9.17, 15) is 15.0 Å². The Bertz CT molecular complexity index is 731. The van der Waals surface area contributed by atoms with Crippen LogP contribution >= 0.6 is 0 Å². The van der Waals surface area contributed by atoms with Gasteiger partial charge >= 0.3 is 5.97 Å². The Labute approximate surface area is 207 Å². The van der Waals surface area contributed by atoms with Crippen LogP contribution in [0, 0.1) is 46.3 Å². The lowest BCUT2D eigenvalue weighted by Gasteiger charge is -2.62. The second-order valence-corrected chi connectivity index (χ2v) is 13.7. The summed E-state index contributed by atoms with van der Waals surface area (Å²) in [5.41, 5.74) is -0.0266. The molecule has 5 nitrogen and oxygen atoms in total. The Hall–Kier alpha value is -0.650. The van der Waals surface area contributed by atoms with Gasteiger partial charge in [-0.25, -0.2) is 4.79 Å². The minimum absolute atomic E-state index is 0.113. The molecule has 0 spiro atoms. The van der Waals surface area contributed by atoms with Crippen LogP contribution in [0.3, 0.4) is 0 Å². The molecule has 0 saturated heterocycles. The maximum atomic E-state index is 11.7. The van der Waals surface area contributed by atoms with E-state index < -0.39 is 30.4 Å². The number of esters is 1. The van der Waals surface area contributed by atoms with Gasteiger partial charge in [0.25, 0.3) is 0 Å². The van der Waals surface area contributed by atoms with Crippen molar-refractivity contribution in [3.63, 3.8) is 0 Å². The normalized spacial score (nSPS) is 45.1. The molecule has 0 aromatic rings. The number of fused-ring (bicyclic) bond motifs is 5. The molecule has 4 aliphatic carbocycles. The Morgan fingerprint density at radius 3 is 2.32 bits per heavy atom. The summed E-state index contributed by atoms with van der Waals surface area (Å²) in [6, 6.07) is 0. The molecule has 0 radical (unpaired) electrons. The smallest absolute Gasteiger partial charge is 0.332 e. The van der Waals surface area contributed by atoms with Crippen LogP contribution in [0.2, 0.25) is 0 Å². The minimum atomic E-state index is -0.622. The van der Waals surface area contributed by atoms with Crippen LogP contribution in [0.15, 0.2) is 0 Å². The molecule has 196 valence electrons. The zero-order chi connectivity index (χ0) is 24.9. The van der Waals surface area contributed by atoms with E-state index in [2.05, 4.69) is 20.8 Å². The fourth-order valence-electron chi connectivity index (χ4n) is 9.67. The molecule has 0 aromatic carbocycles. The van der Waals surface area contributed by atoms with Crippen molar-refractivity contribution in [1.29, 1.82) is 0 Å². The Morgan fingerprint density at radius 2 is 1.65 bits per heavy atom. The number of aliphatic hydroxyl groups is 3. The zero-order valence-electron chi connectivity index (χ0n) is 22.3. The third-order valence-corrected chi connectivity index (χ3v) is 11.3. The van der Waals surface area contributed by atoms with Crippen LogP contribution in [0.4, 0.5) is 0 Å². The lowest BCUT2D eigenvalue weighted by molar-refractivity contribution is -0.194. The van der Waals surface area contributed by atoms with Gasteiger partial charge in [-0.1, -0.05) is 33.6 Å². The maximum absolute atomic E-state index is 11.7. The fraction of sp³-hybridized carbons (Fsp3) is 0.966. The van der Waals surface area contributed by atoms with Gasteiger partial charge < -0.3 is 20.1 Å². The second kappa shape index (κ2) is 9.67. The molecular formula is C29H50O5. The molecule has 4 rings (SSSR count). The summed E-state index contributed by atoms with van der Waals surface area (Å²) >= 11 is 0. The highest BCUT2D eigenvalue weighted by Gasteiger charge is 2.62. The highest BCUT2D eigenvalue weighted by Crippen LogP contribution is 2.68. The Morgan fingerprint density at radius 1 is 1.00 bits per heavy atom. The first-order valence-electron chi connectivity index (χ1n) is 14.1. The van der Waals surface area contributed by atoms with Gasteiger partial charge in [-0.2, -0.15) is 0 Å². The molecule has 4 fully saturated rings. The van der Waals surface area contributed by atoms with Gasteiger partial charge in [0.2, 0.25) is 0 Å². The molecule has 10 atom stereocenters. The van der Waals surface area contributed by atoms with Crippen molar-refractivity contribution < 1.29 is 24.9 Å². The zero-order valence-corrected chi connectivity index (χ0v) is 22.3. The summed E-state index contributed by atoms with van der Waals surface area (Å²) in [5.74, 6) is 3.23. The largest absolute Gasteiger partial charge is 0.458 e. The van der Waals surface area contributed by atoms with Gasteiger partial charge in [0, 0.05) is 0 Å². The molecule has 0 amide bonds. The van der Waals surface area contributed by atoms with Crippen LogP contribution < -0.4 is 0 Å². The molecule has 3 N–H and O–H groups in total. The summed E-state index contributed by atoms with van der Waals surface area (Å²) < 4.78 is 5.41. The third-order valence-electron chi connectivity index (χ3n) is 11.3. The van der Waals surface area contributed by atoms with Crippen LogP contribution in [0.5, 0.6) is 0 Å². The van der Waals surface area contributed by atoms with E-state index in [1.807, 2.05) is 13.8 Å². The average Bonchev–Trinajstić information content (AvgIpc) is 3.12. The van der Waals surface area contributed by atoms with E-state index >= 15 is 0 Å². The van der Waals surface area contributed by atoms with E-state index in [1.54, 1.807) is 0 Å². The fourth-order valence-corrected chi connectivity index (χ4v) is 9.67. The van der Waals surface area contributed by atoms with Gasteiger partial charge in [0.05, 0.1) is 11.7 Å². The molecule has 4 saturated carbocycles. The summed E-state index contributed by atoms with van der Waals surface area (Å²) in [6.45, 7) is 10.7. The molecule has 0 aliphatic heterocycles. The molecule has 34 heavy (non-hydrogen) atoms. The SMILES string of the molecule is C[C@H](CCCC(C)(C)O)[C@H]1CC[C@H]2[C@@H]3CC[C@H]4[C@@H](O)[C@@H](OC(=O)CO)CC[C@]4(C)[C@H]3CC[C@]12C. The van der Waals surface area contributed by atoms with E-state index in [0.29, 0.717) is 23.7 Å². The topological polar surface area (TPSA) is 87.0 Å². The average molecular weight is 479 g/mol. The number of ether oxygens (including phenoxy) is 1. The summed E-state index contributed by atoms with van der Waals surface area (Å²) in [7, 11) is 0. The first-order valence-corrected chi connectivity index (χ1v) is 14.1. The maximum Gasteiger partial charge on any atom is 0.332 e. The monoisotopic (exact) mass is 478 g/mol. The predicted molar refractivity (Wildman–Crippen MR) is 133 cm³/mol. The van der Waals surface area contributed by atoms with Crippen molar-refractivity contribution in [3.8, 4) is 0 Å². The van der Waals surface area contributed by atoms with Crippen molar-refractivity contribution in [2.75, 3.05) is 6.61 Å². The molecule has 0 aromatic heterocycles. The molecule has 0 heterocycles. The highest BCUT2D eigenvalue weighted by molar-refractivity contribution is 5.70. The van der Waals surface area contributed by atoms with Crippen molar-refractivity contribution in [2.24, 2.45) is 46.3 Å². The van der Waals surface area contributed by atoms with Crippen LogP contribution in [0.25, 0.3) is 0 Å². The second-order valence-electron chi connectivity index (χ2n) is 13.7. The minimum Gasteiger partial charge on any atom is -0.458 e. The summed E-state index contributed by atoms with van der Waals surface area (Å²) in [4.78, 5) is 11.7. The lowest BCUT2D eigenvalue weighted by atomic mass is 9.44. The number of carbonyl (C=O) groups is 1. The van der Waals surface area contributed by atoms with Crippen molar-refractivity contribution >= 4 is 5.97 Å². The van der Waals surface area contributed by atoms with Crippen LogP contribution in [-0.2, 0) is 9.53 Å². The Balaban J connectivity index is 1.44. The van der Waals surface area contributed by atoms with Crippen molar-refractivity contribution in [1.82, 2.24) is 0 Å². The van der Waals surface area contributed by atoms with E-state index in [0.717, 1.165) is 43.4 Å². The quantitative estimate of drug-likeness (QED) is 0.443. The Kier molecular flexibility index (Phi) is 7.51. The van der Waals surface area contributed by atoms with Crippen molar-refractivity contribution in [2.45, 2.75) is 123 Å². The van der Waals surface area contributed by atoms with Crippen LogP contribution in [-0.4, -0.2) is 45.7 Å². The van der Waals surface area contributed by atoms with Gasteiger partial charge in [0.1, 0.15) is 12.7 Å². The van der Waals surface area contributed by atoms with Gasteiger partial charge in [-0.05, 0) is 118 Å². The third kappa shape index (κ3) is 4.70. The molecular weight excluding hydrogens is 428 g/mol. The lowest BCUT2D eigenvalue weighted by Crippen LogP contribution is -2.59. The van der Waals surface area contributed by atoms with E-state index in [4.69, 9.17) is 9.84 Å². The van der Waals surface area contributed by atoms with Crippen LogP contribution in [0.1, 0.15) is 105 Å². The number of hydrogen-bond acceptors (Lipinski definition) is 5. The van der Waals surface area contributed by atoms with E-state index in [-0.39, 0.29) is 11.3 Å².